The van der Waals surface area contributed by atoms with Gasteiger partial charge in [0, 0.05) is 26.2 Å². The summed E-state index contributed by atoms with van der Waals surface area (Å²) < 4.78 is 74.4. The lowest BCUT2D eigenvalue weighted by Crippen LogP contribution is -2.47. The zero-order valence-electron chi connectivity index (χ0n) is 21.0. The Morgan fingerprint density at radius 3 is 1.88 bits per heavy atom. The summed E-state index contributed by atoms with van der Waals surface area (Å²) >= 11 is 0. The van der Waals surface area contributed by atoms with E-state index in [0.29, 0.717) is 37.6 Å². The van der Waals surface area contributed by atoms with Gasteiger partial charge in [0.1, 0.15) is 5.82 Å². The van der Waals surface area contributed by atoms with Gasteiger partial charge in [0.25, 0.3) is 10.0 Å². The molecule has 1 saturated heterocycles. The van der Waals surface area contributed by atoms with Crippen molar-refractivity contribution in [2.75, 3.05) is 40.7 Å². The molecule has 0 bridgehead atoms. The average molecular weight is 584 g/mol. The molecule has 0 aromatic heterocycles. The van der Waals surface area contributed by atoms with Crippen molar-refractivity contribution in [3.8, 4) is 0 Å². The van der Waals surface area contributed by atoms with E-state index in [1.807, 2.05) is 16.7 Å². The molecule has 214 valence electrons. The van der Waals surface area contributed by atoms with Crippen molar-refractivity contribution < 1.29 is 45.8 Å². The maximum atomic E-state index is 14.2. The molecule has 0 saturated carbocycles. The number of carboxylic acids is 2. The first-order valence-corrected chi connectivity index (χ1v) is 13.2. The van der Waals surface area contributed by atoms with Gasteiger partial charge in [-0.25, -0.2) is 22.4 Å². The fourth-order valence-corrected chi connectivity index (χ4v) is 4.91. The molecular formula is C26H25F4N3O6S. The van der Waals surface area contributed by atoms with Gasteiger partial charge in [0.2, 0.25) is 0 Å². The highest BCUT2D eigenvalue weighted by atomic mass is 32.2. The third kappa shape index (κ3) is 7.62. The van der Waals surface area contributed by atoms with Crippen LogP contribution < -0.4 is 14.5 Å². The molecule has 1 heterocycles. The minimum atomic E-state index is -5.08. The van der Waals surface area contributed by atoms with E-state index in [9.17, 15) is 35.9 Å². The molecule has 40 heavy (non-hydrogen) atoms. The van der Waals surface area contributed by atoms with Crippen LogP contribution in [0.4, 0.5) is 34.6 Å². The van der Waals surface area contributed by atoms with Gasteiger partial charge in [0.05, 0.1) is 27.5 Å². The number of nitrogens with zero attached hydrogens (tertiary/aromatic N) is 2. The minimum Gasteiger partial charge on any atom is -0.478 e. The second kappa shape index (κ2) is 12.2. The van der Waals surface area contributed by atoms with E-state index < -0.39 is 28.1 Å². The van der Waals surface area contributed by atoms with Gasteiger partial charge < -0.3 is 20.0 Å². The zero-order valence-corrected chi connectivity index (χ0v) is 21.8. The van der Waals surface area contributed by atoms with Gasteiger partial charge in [-0.05, 0) is 49.4 Å². The molecule has 0 amide bonds. The lowest BCUT2D eigenvalue weighted by atomic mass is 10.1. The molecule has 0 aliphatic carbocycles. The number of sulfonamides is 1. The molecule has 1 aliphatic heterocycles. The Balaban J connectivity index is 0.000000559. The number of hydrogen-bond donors (Lipinski definition) is 3. The Bertz CT molecular complexity index is 1470. The first-order chi connectivity index (χ1) is 18.7. The Labute approximate surface area is 227 Å². The maximum Gasteiger partial charge on any atom is 0.490 e. The summed E-state index contributed by atoms with van der Waals surface area (Å²) in [6, 6.07) is 17.4. The third-order valence-corrected chi connectivity index (χ3v) is 7.26. The van der Waals surface area contributed by atoms with Crippen molar-refractivity contribution in [3.63, 3.8) is 0 Å². The molecule has 14 heteroatoms. The first kappa shape index (κ1) is 30.2. The topological polar surface area (TPSA) is 127 Å². The Hall–Kier alpha value is -4.33. The van der Waals surface area contributed by atoms with E-state index in [0.717, 1.165) is 5.56 Å². The molecule has 0 radical (unpaired) electrons. The second-order valence-electron chi connectivity index (χ2n) is 8.68. The number of benzene rings is 3. The van der Waals surface area contributed by atoms with E-state index in [4.69, 9.17) is 9.90 Å². The third-order valence-electron chi connectivity index (χ3n) is 5.88. The lowest BCUT2D eigenvalue weighted by molar-refractivity contribution is -0.192. The smallest absolute Gasteiger partial charge is 0.478 e. The number of nitrogens with one attached hydrogen (secondary N) is 1. The van der Waals surface area contributed by atoms with Crippen molar-refractivity contribution in [1.82, 2.24) is 0 Å². The highest BCUT2D eigenvalue weighted by molar-refractivity contribution is 7.92. The quantitative estimate of drug-likeness (QED) is 0.360. The number of aliphatic carboxylic acids is 1. The van der Waals surface area contributed by atoms with Crippen LogP contribution in [0.25, 0.3) is 0 Å². The van der Waals surface area contributed by atoms with E-state index in [1.165, 1.54) is 30.3 Å². The fraction of sp³-hybridized carbons (Fsp3) is 0.231. The molecular weight excluding hydrogens is 558 g/mol. The number of carboxylic acid groups (broad SMARTS) is 2. The Kier molecular flexibility index (Phi) is 9.24. The molecule has 4 rings (SSSR count). The van der Waals surface area contributed by atoms with E-state index in [2.05, 4.69) is 4.72 Å². The monoisotopic (exact) mass is 583 g/mol. The number of aromatic carboxylic acids is 1. The molecule has 1 aliphatic rings. The number of carbonyl (C=O) groups is 2. The number of para-hydroxylation sites is 1. The van der Waals surface area contributed by atoms with Crippen LogP contribution in [0.1, 0.15) is 15.9 Å². The molecule has 1 fully saturated rings. The predicted molar refractivity (Wildman–Crippen MR) is 140 cm³/mol. The van der Waals surface area contributed by atoms with Crippen molar-refractivity contribution in [3.05, 3.63) is 83.7 Å². The van der Waals surface area contributed by atoms with E-state index >= 15 is 0 Å². The first-order valence-electron chi connectivity index (χ1n) is 11.7. The summed E-state index contributed by atoms with van der Waals surface area (Å²) in [6.07, 6.45) is -5.08. The molecule has 3 aromatic carbocycles. The second-order valence-corrected chi connectivity index (χ2v) is 10.4. The van der Waals surface area contributed by atoms with Crippen LogP contribution in [-0.2, 0) is 14.8 Å². The van der Waals surface area contributed by atoms with Crippen molar-refractivity contribution in [2.24, 2.45) is 0 Å². The maximum absolute atomic E-state index is 14.2. The normalized spacial score (nSPS) is 13.7. The number of rotatable bonds is 6. The summed E-state index contributed by atoms with van der Waals surface area (Å²) in [5.41, 5.74) is 2.19. The molecule has 0 unspecified atom stereocenters. The van der Waals surface area contributed by atoms with Gasteiger partial charge in [-0.15, -0.1) is 0 Å². The SMILES string of the molecule is Cc1ccc(S(=O)(=O)Nc2cc(C(=O)O)ccc2N2CCN(c3ccccc3F)CC2)cc1.O=C(O)C(F)(F)F. The molecule has 3 aromatic rings. The minimum absolute atomic E-state index is 0.0228. The number of anilines is 3. The lowest BCUT2D eigenvalue weighted by Gasteiger charge is -2.38. The van der Waals surface area contributed by atoms with E-state index in [-0.39, 0.29) is 22.0 Å². The molecule has 3 N–H and O–H groups in total. The number of aryl methyl sites for hydroxylation is 1. The number of halogens is 4. The van der Waals surface area contributed by atoms with Crippen LogP contribution in [0, 0.1) is 12.7 Å². The van der Waals surface area contributed by atoms with Crippen molar-refractivity contribution >= 4 is 39.0 Å². The number of piperazine rings is 1. The zero-order chi connectivity index (χ0) is 29.7. The molecule has 0 spiro atoms. The van der Waals surface area contributed by atoms with Gasteiger partial charge >= 0.3 is 18.1 Å². The van der Waals surface area contributed by atoms with Crippen LogP contribution in [0.3, 0.4) is 0 Å². The van der Waals surface area contributed by atoms with Crippen LogP contribution in [0.2, 0.25) is 0 Å². The number of alkyl halides is 3. The highest BCUT2D eigenvalue weighted by Gasteiger charge is 2.38. The highest BCUT2D eigenvalue weighted by Crippen LogP contribution is 2.31. The van der Waals surface area contributed by atoms with E-state index in [1.54, 1.807) is 36.4 Å². The van der Waals surface area contributed by atoms with Gasteiger partial charge in [-0.1, -0.05) is 29.8 Å². The average Bonchev–Trinajstić information content (AvgIpc) is 2.89. The van der Waals surface area contributed by atoms with Gasteiger partial charge in [-0.3, -0.25) is 4.72 Å². The number of hydrogen-bond acceptors (Lipinski definition) is 6. The molecule has 9 nitrogen and oxygen atoms in total. The van der Waals surface area contributed by atoms with Crippen molar-refractivity contribution in [2.45, 2.75) is 18.0 Å². The summed E-state index contributed by atoms with van der Waals surface area (Å²) in [5, 5.41) is 16.5. The summed E-state index contributed by atoms with van der Waals surface area (Å²) in [6.45, 7) is 3.96. The van der Waals surface area contributed by atoms with Crippen LogP contribution in [-0.4, -0.2) is 62.9 Å². The van der Waals surface area contributed by atoms with Crippen LogP contribution in [0.5, 0.6) is 0 Å². The van der Waals surface area contributed by atoms with Crippen LogP contribution >= 0.6 is 0 Å². The van der Waals surface area contributed by atoms with Crippen molar-refractivity contribution in [1.29, 1.82) is 0 Å². The predicted octanol–water partition coefficient (Wildman–Crippen LogP) is 4.59. The Morgan fingerprint density at radius 2 is 1.38 bits per heavy atom. The molecule has 0 atom stereocenters. The summed E-state index contributed by atoms with van der Waals surface area (Å²) in [5.74, 6) is -4.20. The Morgan fingerprint density at radius 1 is 0.850 bits per heavy atom. The standard InChI is InChI=1S/C24H24FN3O4S.C2HF3O2/c1-17-6-9-19(10-7-17)33(31,32)26-21-16-18(24(29)30)8-11-23(21)28-14-12-27(13-15-28)22-5-3-2-4-20(22)25;3-2(4,5)1(6)7/h2-11,16,26H,12-15H2,1H3,(H,29,30);(H,6,7). The fourth-order valence-electron chi connectivity index (χ4n) is 3.84. The summed E-state index contributed by atoms with van der Waals surface area (Å²) in [7, 11) is -3.92. The van der Waals surface area contributed by atoms with Crippen LogP contribution in [0.15, 0.2) is 71.6 Å². The van der Waals surface area contributed by atoms with Gasteiger partial charge in [-0.2, -0.15) is 13.2 Å². The largest absolute Gasteiger partial charge is 0.490 e. The summed E-state index contributed by atoms with van der Waals surface area (Å²) in [4.78, 5) is 24.4. The van der Waals surface area contributed by atoms with Gasteiger partial charge in [0.15, 0.2) is 0 Å².